The van der Waals surface area contributed by atoms with Crippen molar-refractivity contribution in [2.45, 2.75) is 39.5 Å². The maximum atomic E-state index is 5.49. The van der Waals surface area contributed by atoms with Gasteiger partial charge in [0.2, 0.25) is 0 Å². The number of benzene rings is 1. The fraction of sp³-hybridized carbons (Fsp3) is 0.500. The molecule has 0 spiro atoms. The molecule has 0 aliphatic heterocycles. The van der Waals surface area contributed by atoms with Crippen molar-refractivity contribution in [1.82, 2.24) is 5.16 Å². The number of hydrogen-bond acceptors (Lipinski definition) is 2. The average Bonchev–Trinajstić information content (AvgIpc) is 2.53. The second-order valence-corrected chi connectivity index (χ2v) is 5.05. The molecule has 1 unspecified atom stereocenters. The summed E-state index contributed by atoms with van der Waals surface area (Å²) in [4.78, 5) is 0. The fourth-order valence-corrected chi connectivity index (χ4v) is 2.79. The van der Waals surface area contributed by atoms with Gasteiger partial charge >= 0.3 is 0 Å². The Hall–Kier alpha value is -1.31. The second-order valence-electron chi connectivity index (χ2n) is 5.05. The van der Waals surface area contributed by atoms with E-state index in [9.17, 15) is 0 Å². The molecule has 2 aromatic rings. The van der Waals surface area contributed by atoms with E-state index in [1.54, 1.807) is 0 Å². The van der Waals surface area contributed by atoms with Crippen LogP contribution in [0.25, 0.3) is 11.0 Å². The van der Waals surface area contributed by atoms with Gasteiger partial charge in [-0.15, -0.1) is 0 Å². The van der Waals surface area contributed by atoms with Crippen molar-refractivity contribution >= 4 is 11.0 Å². The Morgan fingerprint density at radius 1 is 1.38 bits per heavy atom. The first kappa shape index (κ1) is 9.88. The Bertz CT molecular complexity index is 527. The SMILES string of the molecule is Cc1noc2c3c(ccc12)CC(C)CCC3. The predicted octanol–water partition coefficient (Wildman–Crippen LogP) is 3.65. The molecule has 3 rings (SSSR count). The van der Waals surface area contributed by atoms with Crippen LogP contribution >= 0.6 is 0 Å². The van der Waals surface area contributed by atoms with E-state index in [0.29, 0.717) is 0 Å². The lowest BCUT2D eigenvalue weighted by Crippen LogP contribution is -1.97. The molecule has 2 heteroatoms. The monoisotopic (exact) mass is 215 g/mol. The molecule has 0 radical (unpaired) electrons. The van der Waals surface area contributed by atoms with Crippen LogP contribution in [0.15, 0.2) is 16.7 Å². The highest BCUT2D eigenvalue weighted by molar-refractivity contribution is 5.83. The standard InChI is InChI=1S/C14H17NO/c1-9-4-3-5-13-11(8-9)6-7-12-10(2)15-16-14(12)13/h6-7,9H,3-5,8H2,1-2H3. The highest BCUT2D eigenvalue weighted by Gasteiger charge is 2.18. The Labute approximate surface area is 95.6 Å². The Kier molecular flexibility index (Phi) is 2.23. The van der Waals surface area contributed by atoms with Gasteiger partial charge in [-0.05, 0) is 43.7 Å². The van der Waals surface area contributed by atoms with Crippen LogP contribution in [0, 0.1) is 12.8 Å². The van der Waals surface area contributed by atoms with Gasteiger partial charge in [-0.3, -0.25) is 0 Å². The van der Waals surface area contributed by atoms with Crippen molar-refractivity contribution in [1.29, 1.82) is 0 Å². The topological polar surface area (TPSA) is 26.0 Å². The van der Waals surface area contributed by atoms with Crippen LogP contribution in [-0.2, 0) is 12.8 Å². The first-order valence-corrected chi connectivity index (χ1v) is 6.12. The first-order chi connectivity index (χ1) is 7.75. The third-order valence-corrected chi connectivity index (χ3v) is 3.71. The summed E-state index contributed by atoms with van der Waals surface area (Å²) in [5, 5.41) is 5.27. The van der Waals surface area contributed by atoms with E-state index in [1.807, 2.05) is 6.92 Å². The van der Waals surface area contributed by atoms with Crippen LogP contribution in [-0.4, -0.2) is 5.16 Å². The van der Waals surface area contributed by atoms with Gasteiger partial charge in [-0.1, -0.05) is 24.6 Å². The van der Waals surface area contributed by atoms with Crippen molar-refractivity contribution in [2.24, 2.45) is 5.92 Å². The minimum Gasteiger partial charge on any atom is -0.356 e. The molecule has 1 aromatic heterocycles. The molecule has 0 saturated carbocycles. The van der Waals surface area contributed by atoms with Crippen LogP contribution < -0.4 is 0 Å². The molecule has 0 bridgehead atoms. The molecule has 16 heavy (non-hydrogen) atoms. The molecule has 1 atom stereocenters. The molecular formula is C14H17NO. The van der Waals surface area contributed by atoms with Gasteiger partial charge in [0.05, 0.1) is 5.69 Å². The van der Waals surface area contributed by atoms with E-state index in [1.165, 1.54) is 35.8 Å². The summed E-state index contributed by atoms with van der Waals surface area (Å²) < 4.78 is 5.49. The summed E-state index contributed by atoms with van der Waals surface area (Å²) in [5.41, 5.74) is 4.91. The number of nitrogens with zero attached hydrogens (tertiary/aromatic N) is 1. The predicted molar refractivity (Wildman–Crippen MR) is 64.6 cm³/mol. The van der Waals surface area contributed by atoms with Crippen LogP contribution in [0.3, 0.4) is 0 Å². The normalized spacial score (nSPS) is 20.8. The number of aromatic nitrogens is 1. The molecule has 0 fully saturated rings. The maximum absolute atomic E-state index is 5.49. The molecular weight excluding hydrogens is 198 g/mol. The van der Waals surface area contributed by atoms with Crippen LogP contribution in [0.1, 0.15) is 36.6 Å². The van der Waals surface area contributed by atoms with Crippen molar-refractivity contribution in [3.8, 4) is 0 Å². The minimum atomic E-state index is 0.794. The van der Waals surface area contributed by atoms with Gasteiger partial charge in [-0.2, -0.15) is 0 Å². The Balaban J connectivity index is 2.22. The molecule has 0 N–H and O–H groups in total. The molecule has 0 amide bonds. The summed E-state index contributed by atoms with van der Waals surface area (Å²) in [6.07, 6.45) is 4.92. The van der Waals surface area contributed by atoms with Crippen LogP contribution in [0.5, 0.6) is 0 Å². The van der Waals surface area contributed by atoms with Gasteiger partial charge < -0.3 is 4.52 Å². The maximum Gasteiger partial charge on any atom is 0.170 e. The molecule has 84 valence electrons. The second kappa shape index (κ2) is 3.62. The number of fused-ring (bicyclic) bond motifs is 3. The lowest BCUT2D eigenvalue weighted by Gasteiger charge is -2.07. The summed E-state index contributed by atoms with van der Waals surface area (Å²) in [6.45, 7) is 4.35. The smallest absolute Gasteiger partial charge is 0.170 e. The lowest BCUT2D eigenvalue weighted by atomic mass is 9.97. The quantitative estimate of drug-likeness (QED) is 0.627. The summed E-state index contributed by atoms with van der Waals surface area (Å²) in [7, 11) is 0. The van der Waals surface area contributed by atoms with E-state index in [2.05, 4.69) is 24.2 Å². The van der Waals surface area contributed by atoms with E-state index in [0.717, 1.165) is 23.6 Å². The lowest BCUT2D eigenvalue weighted by molar-refractivity contribution is 0.447. The van der Waals surface area contributed by atoms with Gasteiger partial charge in [0.1, 0.15) is 0 Å². The zero-order valence-corrected chi connectivity index (χ0v) is 9.92. The Morgan fingerprint density at radius 3 is 3.12 bits per heavy atom. The Morgan fingerprint density at radius 2 is 2.25 bits per heavy atom. The highest BCUT2D eigenvalue weighted by atomic mass is 16.5. The van der Waals surface area contributed by atoms with Crippen molar-refractivity contribution in [3.05, 3.63) is 29.0 Å². The van der Waals surface area contributed by atoms with E-state index >= 15 is 0 Å². The molecule has 1 heterocycles. The minimum absolute atomic E-state index is 0.794. The number of aryl methyl sites for hydroxylation is 2. The molecule has 2 nitrogen and oxygen atoms in total. The number of hydrogen-bond donors (Lipinski definition) is 0. The van der Waals surface area contributed by atoms with Crippen LogP contribution in [0.2, 0.25) is 0 Å². The molecule has 1 aliphatic carbocycles. The largest absolute Gasteiger partial charge is 0.356 e. The third kappa shape index (κ3) is 1.44. The summed E-state index contributed by atoms with van der Waals surface area (Å²) >= 11 is 0. The number of rotatable bonds is 0. The zero-order valence-electron chi connectivity index (χ0n) is 9.92. The van der Waals surface area contributed by atoms with Crippen molar-refractivity contribution in [2.75, 3.05) is 0 Å². The summed E-state index contributed by atoms with van der Waals surface area (Å²) in [6, 6.07) is 4.43. The molecule has 1 aromatic carbocycles. The third-order valence-electron chi connectivity index (χ3n) is 3.71. The van der Waals surface area contributed by atoms with Gasteiger partial charge in [0, 0.05) is 10.9 Å². The zero-order chi connectivity index (χ0) is 11.1. The van der Waals surface area contributed by atoms with Gasteiger partial charge in [-0.25, -0.2) is 0 Å². The van der Waals surface area contributed by atoms with Crippen molar-refractivity contribution < 1.29 is 4.52 Å². The molecule has 1 aliphatic rings. The average molecular weight is 215 g/mol. The van der Waals surface area contributed by atoms with Crippen LogP contribution in [0.4, 0.5) is 0 Å². The first-order valence-electron chi connectivity index (χ1n) is 6.12. The van der Waals surface area contributed by atoms with E-state index in [4.69, 9.17) is 4.52 Å². The van der Waals surface area contributed by atoms with Crippen molar-refractivity contribution in [3.63, 3.8) is 0 Å². The van der Waals surface area contributed by atoms with Gasteiger partial charge in [0.25, 0.3) is 0 Å². The van der Waals surface area contributed by atoms with E-state index in [-0.39, 0.29) is 0 Å². The fourth-order valence-electron chi connectivity index (χ4n) is 2.79. The molecule has 0 saturated heterocycles. The summed E-state index contributed by atoms with van der Waals surface area (Å²) in [5.74, 6) is 0.794. The van der Waals surface area contributed by atoms with Gasteiger partial charge in [0.15, 0.2) is 5.58 Å². The highest BCUT2D eigenvalue weighted by Crippen LogP contribution is 2.31. The van der Waals surface area contributed by atoms with E-state index < -0.39 is 0 Å².